The molecule has 2 atom stereocenters. The van der Waals surface area contributed by atoms with Crippen LogP contribution in [-0.4, -0.2) is 53.5 Å². The zero-order chi connectivity index (χ0) is 13.1. The molecule has 1 saturated heterocycles. The molecule has 0 aromatic carbocycles. The van der Waals surface area contributed by atoms with E-state index in [9.17, 15) is 0 Å². The van der Waals surface area contributed by atoms with E-state index < -0.39 is 5.54 Å². The Hall–Kier alpha value is -0.160. The standard InChI is InChI=1S/C13H28N2O2/c1-11-8-15(9-12(2,3)17-11)7-5-6-13(4,14)10-16/h11,16H,5-10,14H2,1-4H3. The summed E-state index contributed by atoms with van der Waals surface area (Å²) in [5, 5.41) is 9.10. The van der Waals surface area contributed by atoms with Crippen LogP contribution in [0.5, 0.6) is 0 Å². The predicted octanol–water partition coefficient (Wildman–Crippen LogP) is 0.976. The molecule has 0 saturated carbocycles. The number of nitrogens with two attached hydrogens (primary N) is 1. The molecule has 1 rings (SSSR count). The van der Waals surface area contributed by atoms with E-state index in [4.69, 9.17) is 15.6 Å². The van der Waals surface area contributed by atoms with Crippen LogP contribution in [-0.2, 0) is 4.74 Å². The lowest BCUT2D eigenvalue weighted by atomic mass is 9.97. The molecule has 0 amide bonds. The minimum Gasteiger partial charge on any atom is -0.394 e. The maximum absolute atomic E-state index is 9.10. The van der Waals surface area contributed by atoms with Crippen LogP contribution in [0.15, 0.2) is 0 Å². The average molecular weight is 244 g/mol. The Kier molecular flexibility index (Phi) is 4.95. The second-order valence-electron chi connectivity index (χ2n) is 6.34. The summed E-state index contributed by atoms with van der Waals surface area (Å²) in [7, 11) is 0. The van der Waals surface area contributed by atoms with Crippen LogP contribution < -0.4 is 5.73 Å². The molecule has 1 aliphatic heterocycles. The lowest BCUT2D eigenvalue weighted by molar-refractivity contribution is -0.128. The summed E-state index contributed by atoms with van der Waals surface area (Å²) in [6.45, 7) is 11.3. The zero-order valence-corrected chi connectivity index (χ0v) is 11.7. The largest absolute Gasteiger partial charge is 0.394 e. The van der Waals surface area contributed by atoms with Crippen LogP contribution in [0.2, 0.25) is 0 Å². The third-order valence-electron chi connectivity index (χ3n) is 3.22. The number of rotatable bonds is 5. The number of hydrogen-bond acceptors (Lipinski definition) is 4. The van der Waals surface area contributed by atoms with Gasteiger partial charge < -0.3 is 15.6 Å². The Morgan fingerprint density at radius 2 is 2.18 bits per heavy atom. The van der Waals surface area contributed by atoms with Gasteiger partial charge in [-0.05, 0) is 47.1 Å². The van der Waals surface area contributed by atoms with Gasteiger partial charge in [0.05, 0.1) is 18.3 Å². The van der Waals surface area contributed by atoms with Crippen LogP contribution in [0.1, 0.15) is 40.5 Å². The summed E-state index contributed by atoms with van der Waals surface area (Å²) in [5.74, 6) is 0. The second-order valence-corrected chi connectivity index (χ2v) is 6.34. The van der Waals surface area contributed by atoms with E-state index in [-0.39, 0.29) is 12.2 Å². The van der Waals surface area contributed by atoms with Gasteiger partial charge in [-0.25, -0.2) is 0 Å². The minimum absolute atomic E-state index is 0.0536. The number of ether oxygens (including phenoxy) is 1. The van der Waals surface area contributed by atoms with Gasteiger partial charge in [0.25, 0.3) is 0 Å². The Morgan fingerprint density at radius 1 is 1.53 bits per heavy atom. The van der Waals surface area contributed by atoms with E-state index in [1.807, 2.05) is 6.92 Å². The molecule has 0 aromatic rings. The molecule has 1 fully saturated rings. The van der Waals surface area contributed by atoms with Crippen LogP contribution >= 0.6 is 0 Å². The highest BCUT2D eigenvalue weighted by Gasteiger charge is 2.31. The third kappa shape index (κ3) is 5.34. The molecular formula is C13H28N2O2. The summed E-state index contributed by atoms with van der Waals surface area (Å²) in [4.78, 5) is 2.43. The van der Waals surface area contributed by atoms with Crippen molar-refractivity contribution in [1.29, 1.82) is 0 Å². The van der Waals surface area contributed by atoms with Crippen molar-refractivity contribution >= 4 is 0 Å². The molecule has 1 aliphatic rings. The first kappa shape index (κ1) is 14.9. The Bertz CT molecular complexity index is 242. The van der Waals surface area contributed by atoms with Gasteiger partial charge in [-0.1, -0.05) is 0 Å². The zero-order valence-electron chi connectivity index (χ0n) is 11.7. The van der Waals surface area contributed by atoms with E-state index in [1.165, 1.54) is 0 Å². The lowest BCUT2D eigenvalue weighted by Crippen LogP contribution is -2.52. The van der Waals surface area contributed by atoms with E-state index in [1.54, 1.807) is 0 Å². The molecule has 4 heteroatoms. The minimum atomic E-state index is -0.437. The summed E-state index contributed by atoms with van der Waals surface area (Å²) in [6, 6.07) is 0. The van der Waals surface area contributed by atoms with Gasteiger partial charge >= 0.3 is 0 Å². The molecule has 102 valence electrons. The first-order chi connectivity index (χ1) is 7.74. The van der Waals surface area contributed by atoms with Crippen molar-refractivity contribution in [3.63, 3.8) is 0 Å². The topological polar surface area (TPSA) is 58.7 Å². The van der Waals surface area contributed by atoms with Crippen LogP contribution in [0, 0.1) is 0 Å². The first-order valence-corrected chi connectivity index (χ1v) is 6.54. The fraction of sp³-hybridized carbons (Fsp3) is 1.00. The highest BCUT2D eigenvalue weighted by Crippen LogP contribution is 2.21. The number of nitrogens with zero attached hydrogens (tertiary/aromatic N) is 1. The van der Waals surface area contributed by atoms with E-state index in [0.29, 0.717) is 6.10 Å². The number of morpholine rings is 1. The summed E-state index contributed by atoms with van der Waals surface area (Å²) in [5.41, 5.74) is 5.43. The smallest absolute Gasteiger partial charge is 0.0757 e. The summed E-state index contributed by atoms with van der Waals surface area (Å²) >= 11 is 0. The van der Waals surface area contributed by atoms with Crippen LogP contribution in [0.25, 0.3) is 0 Å². The normalized spacial score (nSPS) is 28.9. The molecular weight excluding hydrogens is 216 g/mol. The summed E-state index contributed by atoms with van der Waals surface area (Å²) < 4.78 is 5.87. The molecule has 2 unspecified atom stereocenters. The van der Waals surface area contributed by atoms with Gasteiger partial charge in [-0.3, -0.25) is 4.90 Å². The van der Waals surface area contributed by atoms with Crippen LogP contribution in [0.4, 0.5) is 0 Å². The highest BCUT2D eigenvalue weighted by molar-refractivity contribution is 4.83. The van der Waals surface area contributed by atoms with Crippen molar-refractivity contribution in [3.05, 3.63) is 0 Å². The lowest BCUT2D eigenvalue weighted by Gasteiger charge is -2.42. The van der Waals surface area contributed by atoms with Crippen molar-refractivity contribution in [3.8, 4) is 0 Å². The van der Waals surface area contributed by atoms with Crippen molar-refractivity contribution < 1.29 is 9.84 Å². The SMILES string of the molecule is CC1CN(CCCC(C)(N)CO)CC(C)(C)O1. The maximum Gasteiger partial charge on any atom is 0.0757 e. The van der Waals surface area contributed by atoms with Gasteiger partial charge in [0.15, 0.2) is 0 Å². The number of hydrogen-bond donors (Lipinski definition) is 2. The third-order valence-corrected chi connectivity index (χ3v) is 3.22. The van der Waals surface area contributed by atoms with Crippen molar-refractivity contribution in [2.24, 2.45) is 5.73 Å². The molecule has 0 bridgehead atoms. The van der Waals surface area contributed by atoms with Gasteiger partial charge in [-0.15, -0.1) is 0 Å². The fourth-order valence-electron chi connectivity index (χ4n) is 2.54. The molecule has 0 spiro atoms. The van der Waals surface area contributed by atoms with Gasteiger partial charge in [-0.2, -0.15) is 0 Å². The molecule has 0 aliphatic carbocycles. The first-order valence-electron chi connectivity index (χ1n) is 6.54. The fourth-order valence-corrected chi connectivity index (χ4v) is 2.54. The Morgan fingerprint density at radius 3 is 2.71 bits per heavy atom. The van der Waals surface area contributed by atoms with Crippen LogP contribution in [0.3, 0.4) is 0 Å². The molecule has 0 aromatic heterocycles. The summed E-state index contributed by atoms with van der Waals surface area (Å²) in [6.07, 6.45) is 2.17. The predicted molar refractivity (Wildman–Crippen MR) is 70.0 cm³/mol. The van der Waals surface area contributed by atoms with Crippen molar-refractivity contribution in [1.82, 2.24) is 4.90 Å². The number of aliphatic hydroxyl groups excluding tert-OH is 1. The van der Waals surface area contributed by atoms with Gasteiger partial charge in [0, 0.05) is 18.6 Å². The molecule has 4 nitrogen and oxygen atoms in total. The van der Waals surface area contributed by atoms with Gasteiger partial charge in [0.1, 0.15) is 0 Å². The molecule has 3 N–H and O–H groups in total. The molecule has 17 heavy (non-hydrogen) atoms. The van der Waals surface area contributed by atoms with E-state index in [2.05, 4.69) is 25.7 Å². The molecule has 1 heterocycles. The van der Waals surface area contributed by atoms with Crippen molar-refractivity contribution in [2.45, 2.75) is 57.8 Å². The Balaban J connectivity index is 2.32. The van der Waals surface area contributed by atoms with E-state index in [0.717, 1.165) is 32.5 Å². The second kappa shape index (κ2) is 5.65. The van der Waals surface area contributed by atoms with Crippen molar-refractivity contribution in [2.75, 3.05) is 26.2 Å². The monoisotopic (exact) mass is 244 g/mol. The maximum atomic E-state index is 9.10. The Labute approximate surface area is 105 Å². The number of aliphatic hydroxyl groups is 1. The molecule has 0 radical (unpaired) electrons. The quantitative estimate of drug-likeness (QED) is 0.757. The highest BCUT2D eigenvalue weighted by atomic mass is 16.5. The average Bonchev–Trinajstić information content (AvgIpc) is 2.14. The van der Waals surface area contributed by atoms with Gasteiger partial charge in [0.2, 0.25) is 0 Å². The van der Waals surface area contributed by atoms with E-state index >= 15 is 0 Å².